The van der Waals surface area contributed by atoms with Crippen LogP contribution in [0.4, 0.5) is 4.39 Å². The summed E-state index contributed by atoms with van der Waals surface area (Å²) < 4.78 is 13.4. The van der Waals surface area contributed by atoms with Gasteiger partial charge in [-0.15, -0.1) is 0 Å². The lowest BCUT2D eigenvalue weighted by Crippen LogP contribution is -2.59. The number of rotatable bonds is 5. The van der Waals surface area contributed by atoms with Crippen molar-refractivity contribution in [2.24, 2.45) is 5.92 Å². The number of benzene rings is 1. The molecular weight excluding hydrogens is 361 g/mol. The van der Waals surface area contributed by atoms with E-state index in [0.717, 1.165) is 12.8 Å². The first-order chi connectivity index (χ1) is 13.4. The average molecular weight is 389 g/mol. The predicted molar refractivity (Wildman–Crippen MR) is 103 cm³/mol. The lowest BCUT2D eigenvalue weighted by atomic mass is 10.0. The molecule has 0 N–H and O–H groups in total. The number of fused-ring (bicyclic) bond motifs is 1. The van der Waals surface area contributed by atoms with E-state index in [2.05, 4.69) is 0 Å². The minimum Gasteiger partial charge on any atom is -0.341 e. The third-order valence-corrected chi connectivity index (χ3v) is 5.81. The molecule has 3 rings (SSSR count). The van der Waals surface area contributed by atoms with Crippen LogP contribution < -0.4 is 0 Å². The maximum Gasteiger partial charge on any atom is 0.246 e. The molecule has 2 aliphatic heterocycles. The van der Waals surface area contributed by atoms with E-state index in [1.165, 1.54) is 17.0 Å². The minimum absolute atomic E-state index is 0.00760. The molecule has 0 spiro atoms. The van der Waals surface area contributed by atoms with Crippen LogP contribution in [0.15, 0.2) is 24.3 Å². The topological polar surface area (TPSA) is 60.9 Å². The van der Waals surface area contributed by atoms with Gasteiger partial charge in [0.05, 0.1) is 0 Å². The molecule has 28 heavy (non-hydrogen) atoms. The van der Waals surface area contributed by atoms with Gasteiger partial charge in [-0.25, -0.2) is 4.39 Å². The van der Waals surface area contributed by atoms with E-state index in [1.54, 1.807) is 21.9 Å². The molecule has 0 aromatic heterocycles. The molecule has 1 aromatic carbocycles. The van der Waals surface area contributed by atoms with Gasteiger partial charge in [-0.3, -0.25) is 14.4 Å². The van der Waals surface area contributed by atoms with Gasteiger partial charge < -0.3 is 14.7 Å². The van der Waals surface area contributed by atoms with Gasteiger partial charge in [0.1, 0.15) is 18.4 Å². The molecule has 6 nitrogen and oxygen atoms in total. The third kappa shape index (κ3) is 4.18. The summed E-state index contributed by atoms with van der Waals surface area (Å²) in [5.74, 6) is -0.495. The van der Waals surface area contributed by atoms with Crippen molar-refractivity contribution in [2.75, 3.05) is 26.2 Å². The molecule has 0 bridgehead atoms. The fraction of sp³-hybridized carbons (Fsp3) is 0.571. The van der Waals surface area contributed by atoms with E-state index in [1.807, 2.05) is 13.8 Å². The van der Waals surface area contributed by atoms with Gasteiger partial charge in [0.15, 0.2) is 0 Å². The summed E-state index contributed by atoms with van der Waals surface area (Å²) in [6, 6.07) is 5.53. The van der Waals surface area contributed by atoms with Gasteiger partial charge in [0.2, 0.25) is 17.7 Å². The Kier molecular flexibility index (Phi) is 6.31. The first-order valence-electron chi connectivity index (χ1n) is 10.1. The van der Waals surface area contributed by atoms with Crippen molar-refractivity contribution in [3.05, 3.63) is 35.6 Å². The molecule has 2 saturated heterocycles. The summed E-state index contributed by atoms with van der Waals surface area (Å²) in [5.41, 5.74) is 0.661. The fourth-order valence-corrected chi connectivity index (χ4v) is 4.13. The monoisotopic (exact) mass is 389 g/mol. The lowest BCUT2D eigenvalue weighted by molar-refractivity contribution is -0.156. The fourth-order valence-electron chi connectivity index (χ4n) is 4.13. The highest BCUT2D eigenvalue weighted by atomic mass is 19.1. The van der Waals surface area contributed by atoms with Crippen LogP contribution in [0.3, 0.4) is 0 Å². The zero-order valence-electron chi connectivity index (χ0n) is 16.6. The summed E-state index contributed by atoms with van der Waals surface area (Å²) in [6.07, 6.45) is 2.02. The van der Waals surface area contributed by atoms with E-state index < -0.39 is 6.04 Å². The third-order valence-electron chi connectivity index (χ3n) is 5.81. The standard InChI is InChI=1S/C21H28FN3O3/c1-3-16(4-2)20(27)23-9-8-18-21(28)24(14-19(26)25(18)11-10-23)13-15-6-5-7-17(22)12-15/h5-7,12,16,18H,3-4,8-11,13-14H2,1-2H3. The van der Waals surface area contributed by atoms with Crippen molar-refractivity contribution in [1.82, 2.24) is 14.7 Å². The zero-order valence-corrected chi connectivity index (χ0v) is 16.6. The van der Waals surface area contributed by atoms with Crippen molar-refractivity contribution < 1.29 is 18.8 Å². The Morgan fingerprint density at radius 1 is 1.18 bits per heavy atom. The number of piperazine rings is 1. The number of amides is 3. The van der Waals surface area contributed by atoms with Gasteiger partial charge in [-0.1, -0.05) is 26.0 Å². The molecule has 1 aromatic rings. The number of hydrogen-bond acceptors (Lipinski definition) is 3. The second-order valence-corrected chi connectivity index (χ2v) is 7.55. The van der Waals surface area contributed by atoms with Crippen LogP contribution in [0.2, 0.25) is 0 Å². The van der Waals surface area contributed by atoms with Gasteiger partial charge in [0.25, 0.3) is 0 Å². The molecule has 1 atom stereocenters. The summed E-state index contributed by atoms with van der Waals surface area (Å²) in [7, 11) is 0. The van der Waals surface area contributed by atoms with Crippen molar-refractivity contribution in [3.63, 3.8) is 0 Å². The van der Waals surface area contributed by atoms with Crippen LogP contribution in [0.25, 0.3) is 0 Å². The Morgan fingerprint density at radius 3 is 2.61 bits per heavy atom. The van der Waals surface area contributed by atoms with E-state index in [-0.39, 0.29) is 42.5 Å². The number of hydrogen-bond donors (Lipinski definition) is 0. The molecule has 2 aliphatic rings. The zero-order chi connectivity index (χ0) is 20.3. The van der Waals surface area contributed by atoms with Crippen LogP contribution in [0, 0.1) is 11.7 Å². The van der Waals surface area contributed by atoms with Crippen molar-refractivity contribution in [3.8, 4) is 0 Å². The summed E-state index contributed by atoms with van der Waals surface area (Å²) in [6.45, 7) is 5.54. The van der Waals surface area contributed by atoms with Gasteiger partial charge in [-0.2, -0.15) is 0 Å². The Balaban J connectivity index is 1.71. The second kappa shape index (κ2) is 8.71. The van der Waals surface area contributed by atoms with Crippen LogP contribution >= 0.6 is 0 Å². The van der Waals surface area contributed by atoms with Crippen LogP contribution in [-0.2, 0) is 20.9 Å². The van der Waals surface area contributed by atoms with Gasteiger partial charge in [0, 0.05) is 32.1 Å². The number of nitrogens with zero attached hydrogens (tertiary/aromatic N) is 3. The van der Waals surface area contributed by atoms with E-state index in [4.69, 9.17) is 0 Å². The predicted octanol–water partition coefficient (Wildman–Crippen LogP) is 2.03. The number of halogens is 1. The maximum absolute atomic E-state index is 13.4. The molecule has 2 heterocycles. The van der Waals surface area contributed by atoms with Crippen LogP contribution in [-0.4, -0.2) is 64.6 Å². The molecule has 2 fully saturated rings. The van der Waals surface area contributed by atoms with Gasteiger partial charge in [-0.05, 0) is 37.0 Å². The Hall–Kier alpha value is -2.44. The van der Waals surface area contributed by atoms with E-state index in [0.29, 0.717) is 31.6 Å². The first kappa shape index (κ1) is 20.3. The molecule has 1 unspecified atom stereocenters. The molecule has 152 valence electrons. The number of carbonyl (C=O) groups is 3. The summed E-state index contributed by atoms with van der Waals surface area (Å²) >= 11 is 0. The molecule has 3 amide bonds. The second-order valence-electron chi connectivity index (χ2n) is 7.55. The Bertz CT molecular complexity index is 750. The largest absolute Gasteiger partial charge is 0.341 e. The highest BCUT2D eigenvalue weighted by Gasteiger charge is 2.41. The van der Waals surface area contributed by atoms with Crippen LogP contribution in [0.1, 0.15) is 38.7 Å². The highest BCUT2D eigenvalue weighted by Crippen LogP contribution is 2.22. The first-order valence-corrected chi connectivity index (χ1v) is 10.1. The lowest BCUT2D eigenvalue weighted by Gasteiger charge is -2.39. The van der Waals surface area contributed by atoms with Crippen molar-refractivity contribution >= 4 is 17.7 Å². The molecular formula is C21H28FN3O3. The molecule has 0 radical (unpaired) electrons. The van der Waals surface area contributed by atoms with E-state index >= 15 is 0 Å². The van der Waals surface area contributed by atoms with E-state index in [9.17, 15) is 18.8 Å². The normalized spacial score (nSPS) is 20.4. The quantitative estimate of drug-likeness (QED) is 0.774. The van der Waals surface area contributed by atoms with Crippen molar-refractivity contribution in [1.29, 1.82) is 0 Å². The minimum atomic E-state index is -0.547. The number of carbonyl (C=O) groups excluding carboxylic acids is 3. The molecule has 0 saturated carbocycles. The Morgan fingerprint density at radius 2 is 1.93 bits per heavy atom. The average Bonchev–Trinajstić information content (AvgIpc) is 2.90. The van der Waals surface area contributed by atoms with Crippen LogP contribution in [0.5, 0.6) is 0 Å². The maximum atomic E-state index is 13.4. The summed E-state index contributed by atoms with van der Waals surface area (Å²) in [4.78, 5) is 43.3. The summed E-state index contributed by atoms with van der Waals surface area (Å²) in [5, 5.41) is 0. The highest BCUT2D eigenvalue weighted by molar-refractivity contribution is 5.95. The SMILES string of the molecule is CCC(CC)C(=O)N1CCC2C(=O)N(Cc3cccc(F)c3)CC(=O)N2CC1. The van der Waals surface area contributed by atoms with Crippen molar-refractivity contribution in [2.45, 2.75) is 45.7 Å². The Labute approximate surface area is 165 Å². The molecule has 7 heteroatoms. The van der Waals surface area contributed by atoms with Gasteiger partial charge >= 0.3 is 0 Å². The molecule has 0 aliphatic carbocycles. The smallest absolute Gasteiger partial charge is 0.246 e.